The summed E-state index contributed by atoms with van der Waals surface area (Å²) >= 11 is 9.19. The Kier molecular flexibility index (Phi) is 6.30. The van der Waals surface area contributed by atoms with Crippen molar-refractivity contribution in [3.8, 4) is 0 Å². The number of urea groups is 1. The fourth-order valence-electron chi connectivity index (χ4n) is 3.19. The number of nitrogens with zero attached hydrogens (tertiary/aromatic N) is 6. The van der Waals surface area contributed by atoms with E-state index in [0.29, 0.717) is 28.0 Å². The van der Waals surface area contributed by atoms with Crippen molar-refractivity contribution in [1.29, 1.82) is 0 Å². The molecule has 1 aliphatic rings. The molecule has 3 amide bonds. The standard InChI is InChI=1S/C21H22ClN7O2S2/c1-21(2,3)18-26-13(10-33-18)17(30)25-12-6-14(15(22)23-8-12)29-9-11-7-24-19(32-5)27-16(11)28(4)20(29)31/h6-8,10H,9H2,1-5H3,(H,25,30). The first-order valence-electron chi connectivity index (χ1n) is 9.96. The summed E-state index contributed by atoms with van der Waals surface area (Å²) in [5, 5.41) is 6.12. The summed E-state index contributed by atoms with van der Waals surface area (Å²) in [6, 6.07) is 1.31. The molecule has 9 nitrogen and oxygen atoms in total. The van der Waals surface area contributed by atoms with Crippen molar-refractivity contribution in [2.45, 2.75) is 37.9 Å². The Morgan fingerprint density at radius 3 is 2.67 bits per heavy atom. The number of aromatic nitrogens is 4. The van der Waals surface area contributed by atoms with Gasteiger partial charge in [-0.15, -0.1) is 11.3 Å². The molecule has 4 rings (SSSR count). The van der Waals surface area contributed by atoms with Crippen molar-refractivity contribution in [3.63, 3.8) is 0 Å². The van der Waals surface area contributed by atoms with E-state index in [2.05, 4.69) is 25.3 Å². The van der Waals surface area contributed by atoms with Gasteiger partial charge in [-0.2, -0.15) is 0 Å². The number of halogens is 1. The molecular formula is C21H22ClN7O2S2. The van der Waals surface area contributed by atoms with Crippen molar-refractivity contribution in [1.82, 2.24) is 19.9 Å². The van der Waals surface area contributed by atoms with Crippen LogP contribution in [-0.2, 0) is 12.0 Å². The summed E-state index contributed by atoms with van der Waals surface area (Å²) in [6.07, 6.45) is 5.02. The van der Waals surface area contributed by atoms with Gasteiger partial charge in [-0.3, -0.25) is 14.6 Å². The van der Waals surface area contributed by atoms with Crippen molar-refractivity contribution in [3.05, 3.63) is 45.3 Å². The van der Waals surface area contributed by atoms with E-state index in [0.717, 1.165) is 10.6 Å². The minimum absolute atomic E-state index is 0.142. The highest BCUT2D eigenvalue weighted by Crippen LogP contribution is 2.34. The van der Waals surface area contributed by atoms with E-state index >= 15 is 0 Å². The molecule has 172 valence electrons. The molecule has 0 aliphatic carbocycles. The Bertz CT molecular complexity index is 1240. The maximum Gasteiger partial charge on any atom is 0.330 e. The molecule has 3 aromatic heterocycles. The Morgan fingerprint density at radius 1 is 1.24 bits per heavy atom. The third-order valence-electron chi connectivity index (χ3n) is 4.91. The zero-order chi connectivity index (χ0) is 23.9. The number of hydrogen-bond donors (Lipinski definition) is 1. The Hall–Kier alpha value is -2.76. The smallest absolute Gasteiger partial charge is 0.319 e. The van der Waals surface area contributed by atoms with Crippen LogP contribution in [0.5, 0.6) is 0 Å². The number of carbonyl (C=O) groups is 2. The quantitative estimate of drug-likeness (QED) is 0.309. The maximum atomic E-state index is 13.1. The van der Waals surface area contributed by atoms with E-state index < -0.39 is 0 Å². The molecule has 33 heavy (non-hydrogen) atoms. The molecule has 0 radical (unpaired) electrons. The minimum Gasteiger partial charge on any atom is -0.319 e. The highest BCUT2D eigenvalue weighted by Gasteiger charge is 2.32. The van der Waals surface area contributed by atoms with Gasteiger partial charge in [0.2, 0.25) is 0 Å². The first-order valence-corrected chi connectivity index (χ1v) is 12.4. The van der Waals surface area contributed by atoms with Crippen LogP contribution in [0.2, 0.25) is 5.15 Å². The van der Waals surface area contributed by atoms with Gasteiger partial charge in [0.15, 0.2) is 10.3 Å². The molecule has 0 saturated heterocycles. The summed E-state index contributed by atoms with van der Waals surface area (Å²) in [5.74, 6) is 0.199. The first kappa shape index (κ1) is 23.4. The van der Waals surface area contributed by atoms with Crippen LogP contribution in [0, 0.1) is 0 Å². The van der Waals surface area contributed by atoms with Crippen LogP contribution < -0.4 is 15.1 Å². The zero-order valence-corrected chi connectivity index (χ0v) is 21.1. The number of amides is 3. The SMILES string of the molecule is CSc1ncc2c(n1)N(C)C(=O)N(c1cc(NC(=O)c3csc(C(C)(C)C)n3)cnc1Cl)C2. The average molecular weight is 504 g/mol. The number of rotatable bonds is 4. The highest BCUT2D eigenvalue weighted by molar-refractivity contribution is 7.98. The van der Waals surface area contributed by atoms with Gasteiger partial charge >= 0.3 is 6.03 Å². The fraction of sp³-hybridized carbons (Fsp3) is 0.333. The molecule has 0 spiro atoms. The largest absolute Gasteiger partial charge is 0.330 e. The van der Waals surface area contributed by atoms with Gasteiger partial charge in [-0.25, -0.2) is 24.7 Å². The number of thiazole rings is 1. The van der Waals surface area contributed by atoms with Crippen LogP contribution in [0.1, 0.15) is 41.8 Å². The van der Waals surface area contributed by atoms with Crippen molar-refractivity contribution < 1.29 is 9.59 Å². The molecule has 1 aliphatic heterocycles. The summed E-state index contributed by atoms with van der Waals surface area (Å²) in [4.78, 5) is 46.1. The number of thioether (sulfide) groups is 1. The van der Waals surface area contributed by atoms with E-state index in [9.17, 15) is 9.59 Å². The molecule has 3 aromatic rings. The molecule has 0 aromatic carbocycles. The Morgan fingerprint density at radius 2 is 2.00 bits per heavy atom. The van der Waals surface area contributed by atoms with E-state index in [1.165, 1.54) is 39.1 Å². The lowest BCUT2D eigenvalue weighted by molar-refractivity contribution is 0.102. The number of pyridine rings is 1. The van der Waals surface area contributed by atoms with Gasteiger partial charge in [0.1, 0.15) is 11.5 Å². The number of fused-ring (bicyclic) bond motifs is 1. The van der Waals surface area contributed by atoms with E-state index in [1.807, 2.05) is 27.0 Å². The monoisotopic (exact) mass is 503 g/mol. The van der Waals surface area contributed by atoms with Crippen LogP contribution in [-0.4, -0.2) is 45.2 Å². The third kappa shape index (κ3) is 4.66. The van der Waals surface area contributed by atoms with Crippen LogP contribution in [0.4, 0.5) is 22.0 Å². The van der Waals surface area contributed by atoms with Gasteiger partial charge in [0.25, 0.3) is 5.91 Å². The topological polar surface area (TPSA) is 104 Å². The van der Waals surface area contributed by atoms with Gasteiger partial charge in [-0.1, -0.05) is 44.1 Å². The van der Waals surface area contributed by atoms with Gasteiger partial charge in [-0.05, 0) is 12.3 Å². The predicted molar refractivity (Wildman–Crippen MR) is 132 cm³/mol. The second-order valence-electron chi connectivity index (χ2n) is 8.41. The number of anilines is 3. The van der Waals surface area contributed by atoms with Crippen molar-refractivity contribution in [2.24, 2.45) is 0 Å². The van der Waals surface area contributed by atoms with Crippen LogP contribution >= 0.6 is 34.7 Å². The maximum absolute atomic E-state index is 13.1. The Balaban J connectivity index is 1.60. The fourth-order valence-corrected chi connectivity index (χ4v) is 4.62. The molecule has 12 heteroatoms. The van der Waals surface area contributed by atoms with Gasteiger partial charge in [0.05, 0.1) is 29.1 Å². The van der Waals surface area contributed by atoms with E-state index in [1.54, 1.807) is 24.7 Å². The second kappa shape index (κ2) is 8.88. The summed E-state index contributed by atoms with van der Waals surface area (Å²) in [6.45, 7) is 6.36. The number of nitrogens with one attached hydrogen (secondary N) is 1. The van der Waals surface area contributed by atoms with Crippen LogP contribution in [0.15, 0.2) is 29.0 Å². The molecule has 4 heterocycles. The molecule has 0 atom stereocenters. The predicted octanol–water partition coefficient (Wildman–Crippen LogP) is 4.83. The highest BCUT2D eigenvalue weighted by atomic mass is 35.5. The van der Waals surface area contributed by atoms with Crippen LogP contribution in [0.3, 0.4) is 0 Å². The lowest BCUT2D eigenvalue weighted by Gasteiger charge is -2.34. The summed E-state index contributed by atoms with van der Waals surface area (Å²) in [7, 11) is 1.65. The molecule has 0 bridgehead atoms. The van der Waals surface area contributed by atoms with Crippen LogP contribution in [0.25, 0.3) is 0 Å². The van der Waals surface area contributed by atoms with E-state index in [-0.39, 0.29) is 29.1 Å². The molecule has 0 saturated carbocycles. The van der Waals surface area contributed by atoms with Crippen molar-refractivity contribution >= 4 is 63.8 Å². The number of hydrogen-bond acceptors (Lipinski definition) is 8. The van der Waals surface area contributed by atoms with Gasteiger partial charge < -0.3 is 5.32 Å². The minimum atomic E-state index is -0.359. The van der Waals surface area contributed by atoms with Gasteiger partial charge in [0, 0.05) is 29.6 Å². The third-order valence-corrected chi connectivity index (χ3v) is 7.03. The normalized spacial score (nSPS) is 13.8. The van der Waals surface area contributed by atoms with E-state index in [4.69, 9.17) is 11.6 Å². The average Bonchev–Trinajstić information content (AvgIpc) is 3.29. The zero-order valence-electron chi connectivity index (χ0n) is 18.7. The number of carbonyl (C=O) groups excluding carboxylic acids is 2. The molecular weight excluding hydrogens is 482 g/mol. The summed E-state index contributed by atoms with van der Waals surface area (Å²) in [5.41, 5.74) is 1.73. The molecule has 1 N–H and O–H groups in total. The second-order valence-corrected chi connectivity index (χ2v) is 10.4. The lowest BCUT2D eigenvalue weighted by Crippen LogP contribution is -2.46. The molecule has 0 fully saturated rings. The first-order chi connectivity index (χ1) is 15.6. The Labute approximate surface area is 204 Å². The van der Waals surface area contributed by atoms with Crippen molar-refractivity contribution in [2.75, 3.05) is 28.4 Å². The lowest BCUT2D eigenvalue weighted by atomic mass is 9.98. The molecule has 0 unspecified atom stereocenters. The summed E-state index contributed by atoms with van der Waals surface area (Å²) < 4.78 is 0.